The third-order valence-electron chi connectivity index (χ3n) is 4.13. The lowest BCUT2D eigenvalue weighted by Crippen LogP contribution is -2.37. The SMILES string of the molecule is O=C(c1ccccc1F)N(Cc1ccc(F)cc1)C[C@H]1CCCO1. The van der Waals surface area contributed by atoms with Gasteiger partial charge < -0.3 is 9.64 Å². The number of hydrogen-bond donors (Lipinski definition) is 0. The summed E-state index contributed by atoms with van der Waals surface area (Å²) in [6.45, 7) is 1.36. The molecule has 0 bridgehead atoms. The first kappa shape index (κ1) is 16.6. The van der Waals surface area contributed by atoms with Gasteiger partial charge in [-0.3, -0.25) is 4.79 Å². The second-order valence-corrected chi connectivity index (χ2v) is 5.93. The molecule has 5 heteroatoms. The summed E-state index contributed by atoms with van der Waals surface area (Å²) in [6, 6.07) is 11.9. The molecule has 126 valence electrons. The molecule has 0 spiro atoms. The van der Waals surface area contributed by atoms with E-state index in [-0.39, 0.29) is 29.9 Å². The number of ether oxygens (including phenoxy) is 1. The van der Waals surface area contributed by atoms with E-state index in [1.807, 2.05) is 0 Å². The Morgan fingerprint density at radius 3 is 2.54 bits per heavy atom. The highest BCUT2D eigenvalue weighted by atomic mass is 19.1. The highest BCUT2D eigenvalue weighted by Gasteiger charge is 2.25. The third kappa shape index (κ3) is 3.97. The van der Waals surface area contributed by atoms with Gasteiger partial charge in [0.05, 0.1) is 11.7 Å². The standard InChI is InChI=1S/C19H19F2NO2/c20-15-9-7-14(8-10-15)12-22(13-16-4-3-11-24-16)19(23)17-5-1-2-6-18(17)21/h1-2,5-10,16H,3-4,11-13H2/t16-/m1/s1. The maximum atomic E-state index is 14.0. The first-order chi connectivity index (χ1) is 11.6. The maximum absolute atomic E-state index is 14.0. The van der Waals surface area contributed by atoms with Crippen molar-refractivity contribution in [3.63, 3.8) is 0 Å². The van der Waals surface area contributed by atoms with Crippen LogP contribution in [0.2, 0.25) is 0 Å². The second kappa shape index (κ2) is 7.53. The minimum atomic E-state index is -0.543. The van der Waals surface area contributed by atoms with Gasteiger partial charge in [0.15, 0.2) is 0 Å². The molecule has 1 aliphatic rings. The van der Waals surface area contributed by atoms with Crippen molar-refractivity contribution in [2.45, 2.75) is 25.5 Å². The highest BCUT2D eigenvalue weighted by molar-refractivity contribution is 5.94. The minimum Gasteiger partial charge on any atom is -0.376 e. The smallest absolute Gasteiger partial charge is 0.257 e. The van der Waals surface area contributed by atoms with Crippen molar-refractivity contribution in [1.29, 1.82) is 0 Å². The molecule has 0 aliphatic carbocycles. The van der Waals surface area contributed by atoms with Crippen LogP contribution < -0.4 is 0 Å². The zero-order chi connectivity index (χ0) is 16.9. The number of carbonyl (C=O) groups excluding carboxylic acids is 1. The zero-order valence-electron chi connectivity index (χ0n) is 13.3. The number of amides is 1. The Labute approximate surface area is 139 Å². The number of carbonyl (C=O) groups is 1. The van der Waals surface area contributed by atoms with Crippen LogP contribution in [0.3, 0.4) is 0 Å². The molecule has 1 aliphatic heterocycles. The lowest BCUT2D eigenvalue weighted by Gasteiger charge is -2.26. The monoisotopic (exact) mass is 331 g/mol. The van der Waals surface area contributed by atoms with Crippen LogP contribution in [0.25, 0.3) is 0 Å². The lowest BCUT2D eigenvalue weighted by atomic mass is 10.1. The van der Waals surface area contributed by atoms with E-state index in [9.17, 15) is 13.6 Å². The molecule has 0 N–H and O–H groups in total. The average molecular weight is 331 g/mol. The molecule has 0 saturated carbocycles. The van der Waals surface area contributed by atoms with Gasteiger partial charge in [-0.05, 0) is 42.7 Å². The summed E-state index contributed by atoms with van der Waals surface area (Å²) in [6.07, 6.45) is 1.80. The quantitative estimate of drug-likeness (QED) is 0.834. The van der Waals surface area contributed by atoms with Crippen LogP contribution >= 0.6 is 0 Å². The molecule has 3 nitrogen and oxygen atoms in total. The Bertz CT molecular complexity index is 697. The van der Waals surface area contributed by atoms with Gasteiger partial charge in [-0.2, -0.15) is 0 Å². The Hall–Kier alpha value is -2.27. The summed E-state index contributed by atoms with van der Waals surface area (Å²) < 4.78 is 32.7. The van der Waals surface area contributed by atoms with Gasteiger partial charge in [0.2, 0.25) is 0 Å². The summed E-state index contributed by atoms with van der Waals surface area (Å²) in [5.74, 6) is -1.25. The van der Waals surface area contributed by atoms with Crippen LogP contribution in [-0.2, 0) is 11.3 Å². The van der Waals surface area contributed by atoms with Crippen molar-refractivity contribution in [2.24, 2.45) is 0 Å². The molecule has 1 fully saturated rings. The summed E-state index contributed by atoms with van der Waals surface area (Å²) in [7, 11) is 0. The third-order valence-corrected chi connectivity index (χ3v) is 4.13. The van der Waals surface area contributed by atoms with Crippen LogP contribution in [0.1, 0.15) is 28.8 Å². The maximum Gasteiger partial charge on any atom is 0.257 e. The van der Waals surface area contributed by atoms with E-state index in [4.69, 9.17) is 4.74 Å². The molecule has 2 aromatic rings. The predicted molar refractivity (Wildman–Crippen MR) is 86.5 cm³/mol. The van der Waals surface area contributed by atoms with E-state index in [0.717, 1.165) is 18.4 Å². The highest BCUT2D eigenvalue weighted by Crippen LogP contribution is 2.18. The van der Waals surface area contributed by atoms with Crippen LogP contribution in [0.4, 0.5) is 8.78 Å². The van der Waals surface area contributed by atoms with Gasteiger partial charge in [0.25, 0.3) is 5.91 Å². The van der Waals surface area contributed by atoms with Crippen molar-refractivity contribution in [3.8, 4) is 0 Å². The molecule has 1 heterocycles. The number of rotatable bonds is 5. The molecule has 1 amide bonds. The zero-order valence-corrected chi connectivity index (χ0v) is 13.3. The topological polar surface area (TPSA) is 29.5 Å². The molecule has 1 saturated heterocycles. The first-order valence-electron chi connectivity index (χ1n) is 8.03. The Morgan fingerprint density at radius 1 is 1.12 bits per heavy atom. The molecular formula is C19H19F2NO2. The fourth-order valence-corrected chi connectivity index (χ4v) is 2.87. The van der Waals surface area contributed by atoms with E-state index in [1.165, 1.54) is 24.3 Å². The summed E-state index contributed by atoms with van der Waals surface area (Å²) >= 11 is 0. The van der Waals surface area contributed by atoms with Gasteiger partial charge in [0, 0.05) is 19.7 Å². The largest absolute Gasteiger partial charge is 0.376 e. The Balaban J connectivity index is 1.81. The van der Waals surface area contributed by atoms with Crippen LogP contribution in [0, 0.1) is 11.6 Å². The predicted octanol–water partition coefficient (Wildman–Crippen LogP) is 3.79. The summed E-state index contributed by atoms with van der Waals surface area (Å²) in [5.41, 5.74) is 0.830. The van der Waals surface area contributed by atoms with Crippen molar-refractivity contribution >= 4 is 5.91 Å². The van der Waals surface area contributed by atoms with E-state index < -0.39 is 5.82 Å². The van der Waals surface area contributed by atoms with Crippen LogP contribution in [0.5, 0.6) is 0 Å². The second-order valence-electron chi connectivity index (χ2n) is 5.93. The fraction of sp³-hybridized carbons (Fsp3) is 0.316. The summed E-state index contributed by atoms with van der Waals surface area (Å²) in [4.78, 5) is 14.4. The molecule has 24 heavy (non-hydrogen) atoms. The molecular weight excluding hydrogens is 312 g/mol. The summed E-state index contributed by atoms with van der Waals surface area (Å²) in [5, 5.41) is 0. The number of halogens is 2. The molecule has 2 aromatic carbocycles. The number of hydrogen-bond acceptors (Lipinski definition) is 2. The van der Waals surface area contributed by atoms with Crippen molar-refractivity contribution in [2.75, 3.05) is 13.2 Å². The van der Waals surface area contributed by atoms with Crippen molar-refractivity contribution in [1.82, 2.24) is 4.90 Å². The number of benzene rings is 2. The van der Waals surface area contributed by atoms with Crippen molar-refractivity contribution in [3.05, 3.63) is 71.3 Å². The van der Waals surface area contributed by atoms with Crippen molar-refractivity contribution < 1.29 is 18.3 Å². The lowest BCUT2D eigenvalue weighted by molar-refractivity contribution is 0.0503. The van der Waals surface area contributed by atoms with Gasteiger partial charge in [0.1, 0.15) is 11.6 Å². The molecule has 0 unspecified atom stereocenters. The Kier molecular flexibility index (Phi) is 5.20. The Morgan fingerprint density at radius 2 is 1.88 bits per heavy atom. The van der Waals surface area contributed by atoms with E-state index >= 15 is 0 Å². The fourth-order valence-electron chi connectivity index (χ4n) is 2.87. The van der Waals surface area contributed by atoms with Crippen LogP contribution in [0.15, 0.2) is 48.5 Å². The molecule has 0 aromatic heterocycles. The minimum absolute atomic E-state index is 0.0395. The van der Waals surface area contributed by atoms with Gasteiger partial charge >= 0.3 is 0 Å². The van der Waals surface area contributed by atoms with E-state index in [0.29, 0.717) is 13.2 Å². The molecule has 3 rings (SSSR count). The molecule has 0 radical (unpaired) electrons. The normalized spacial score (nSPS) is 17.0. The average Bonchev–Trinajstić information content (AvgIpc) is 3.09. The van der Waals surface area contributed by atoms with Crippen LogP contribution in [-0.4, -0.2) is 30.1 Å². The number of nitrogens with zero attached hydrogens (tertiary/aromatic N) is 1. The van der Waals surface area contributed by atoms with Gasteiger partial charge in [-0.1, -0.05) is 24.3 Å². The molecule has 1 atom stereocenters. The van der Waals surface area contributed by atoms with E-state index in [2.05, 4.69) is 0 Å². The first-order valence-corrected chi connectivity index (χ1v) is 8.03. The van der Waals surface area contributed by atoms with Gasteiger partial charge in [-0.15, -0.1) is 0 Å². The van der Waals surface area contributed by atoms with E-state index in [1.54, 1.807) is 29.2 Å². The van der Waals surface area contributed by atoms with Gasteiger partial charge in [-0.25, -0.2) is 8.78 Å².